The standard InChI is InChI=1S/C11H10N6/c12-6-7-1-3-8(4-2-7)15-11-16-9(13)5-10(14)17-11/h1-5H,(H5,13,14,15,16,17). The lowest BCUT2D eigenvalue weighted by atomic mass is 10.2. The van der Waals surface area contributed by atoms with Crippen LogP contribution < -0.4 is 16.8 Å². The Morgan fingerprint density at radius 1 is 1.06 bits per heavy atom. The van der Waals surface area contributed by atoms with E-state index in [0.29, 0.717) is 23.1 Å². The van der Waals surface area contributed by atoms with E-state index >= 15 is 0 Å². The summed E-state index contributed by atoms with van der Waals surface area (Å²) in [4.78, 5) is 7.96. The fraction of sp³-hybridized carbons (Fsp3) is 0. The van der Waals surface area contributed by atoms with Crippen LogP contribution in [0.4, 0.5) is 23.3 Å². The van der Waals surface area contributed by atoms with Crippen LogP contribution in [-0.2, 0) is 0 Å². The van der Waals surface area contributed by atoms with Crippen LogP contribution in [0.1, 0.15) is 5.56 Å². The van der Waals surface area contributed by atoms with Crippen LogP contribution in [0.3, 0.4) is 0 Å². The molecule has 84 valence electrons. The molecule has 0 unspecified atom stereocenters. The maximum absolute atomic E-state index is 8.66. The van der Waals surface area contributed by atoms with Gasteiger partial charge in [-0.2, -0.15) is 15.2 Å². The van der Waals surface area contributed by atoms with Gasteiger partial charge in [-0.25, -0.2) is 0 Å². The molecule has 0 aliphatic heterocycles. The van der Waals surface area contributed by atoms with Crippen LogP contribution in [0.2, 0.25) is 0 Å². The number of anilines is 4. The van der Waals surface area contributed by atoms with Gasteiger partial charge in [0.25, 0.3) is 0 Å². The maximum Gasteiger partial charge on any atom is 0.231 e. The molecule has 0 atom stereocenters. The fourth-order valence-corrected chi connectivity index (χ4v) is 1.30. The lowest BCUT2D eigenvalue weighted by Gasteiger charge is -2.05. The third kappa shape index (κ3) is 2.60. The van der Waals surface area contributed by atoms with E-state index in [1.165, 1.54) is 6.07 Å². The number of nitrogens with two attached hydrogens (primary N) is 2. The smallest absolute Gasteiger partial charge is 0.231 e. The monoisotopic (exact) mass is 226 g/mol. The Morgan fingerprint density at radius 3 is 2.18 bits per heavy atom. The number of benzene rings is 1. The minimum Gasteiger partial charge on any atom is -0.383 e. The van der Waals surface area contributed by atoms with Crippen molar-refractivity contribution in [1.29, 1.82) is 5.26 Å². The Hall–Kier alpha value is -2.81. The first-order chi connectivity index (χ1) is 8.17. The van der Waals surface area contributed by atoms with Gasteiger partial charge in [-0.15, -0.1) is 0 Å². The van der Waals surface area contributed by atoms with Crippen molar-refractivity contribution in [2.24, 2.45) is 0 Å². The molecule has 0 amide bonds. The van der Waals surface area contributed by atoms with E-state index in [9.17, 15) is 0 Å². The second-order valence-electron chi connectivity index (χ2n) is 3.36. The molecule has 0 fully saturated rings. The third-order valence-electron chi connectivity index (χ3n) is 2.04. The number of nitrogen functional groups attached to an aromatic ring is 2. The lowest BCUT2D eigenvalue weighted by molar-refractivity contribution is 1.18. The van der Waals surface area contributed by atoms with E-state index in [2.05, 4.69) is 15.3 Å². The number of rotatable bonds is 2. The summed E-state index contributed by atoms with van der Waals surface area (Å²) in [5.74, 6) is 0.925. The largest absolute Gasteiger partial charge is 0.383 e. The van der Waals surface area contributed by atoms with Gasteiger partial charge in [0, 0.05) is 11.8 Å². The average Bonchev–Trinajstić information content (AvgIpc) is 2.28. The zero-order chi connectivity index (χ0) is 12.3. The highest BCUT2D eigenvalue weighted by molar-refractivity contribution is 5.57. The minimum atomic E-state index is 0.300. The van der Waals surface area contributed by atoms with Crippen LogP contribution in [0.5, 0.6) is 0 Å². The molecule has 0 saturated heterocycles. The number of hydrogen-bond acceptors (Lipinski definition) is 6. The molecule has 5 N–H and O–H groups in total. The lowest BCUT2D eigenvalue weighted by Crippen LogP contribution is -2.03. The van der Waals surface area contributed by atoms with E-state index in [4.69, 9.17) is 16.7 Å². The molecule has 0 saturated carbocycles. The molecule has 1 aromatic carbocycles. The van der Waals surface area contributed by atoms with Crippen molar-refractivity contribution in [2.75, 3.05) is 16.8 Å². The van der Waals surface area contributed by atoms with Gasteiger partial charge in [0.2, 0.25) is 5.95 Å². The molecule has 0 radical (unpaired) electrons. The molecule has 2 aromatic rings. The Balaban J connectivity index is 2.22. The Bertz CT molecular complexity index is 549. The van der Waals surface area contributed by atoms with Crippen LogP contribution in [-0.4, -0.2) is 9.97 Å². The van der Waals surface area contributed by atoms with Gasteiger partial charge in [0.1, 0.15) is 11.6 Å². The predicted molar refractivity (Wildman–Crippen MR) is 65.3 cm³/mol. The first-order valence-electron chi connectivity index (χ1n) is 4.84. The second kappa shape index (κ2) is 4.37. The van der Waals surface area contributed by atoms with Crippen molar-refractivity contribution in [3.63, 3.8) is 0 Å². The molecule has 1 heterocycles. The van der Waals surface area contributed by atoms with Gasteiger partial charge in [0.15, 0.2) is 0 Å². The van der Waals surface area contributed by atoms with E-state index in [1.807, 2.05) is 6.07 Å². The molecule has 17 heavy (non-hydrogen) atoms. The highest BCUT2D eigenvalue weighted by Gasteiger charge is 2.01. The van der Waals surface area contributed by atoms with Gasteiger partial charge in [-0.3, -0.25) is 0 Å². The van der Waals surface area contributed by atoms with Gasteiger partial charge in [-0.1, -0.05) is 0 Å². The van der Waals surface area contributed by atoms with Crippen LogP contribution in [0.25, 0.3) is 0 Å². The van der Waals surface area contributed by atoms with E-state index in [1.54, 1.807) is 24.3 Å². The van der Waals surface area contributed by atoms with Crippen molar-refractivity contribution in [2.45, 2.75) is 0 Å². The minimum absolute atomic E-state index is 0.300. The SMILES string of the molecule is N#Cc1ccc(Nc2nc(N)cc(N)n2)cc1. The molecule has 0 spiro atoms. The quantitative estimate of drug-likeness (QED) is 0.710. The Kier molecular flexibility index (Phi) is 2.75. The van der Waals surface area contributed by atoms with E-state index in [0.717, 1.165) is 5.69 Å². The fourth-order valence-electron chi connectivity index (χ4n) is 1.30. The molecule has 0 aliphatic rings. The summed E-state index contributed by atoms with van der Waals surface area (Å²) in [5.41, 5.74) is 12.4. The van der Waals surface area contributed by atoms with Crippen molar-refractivity contribution in [1.82, 2.24) is 9.97 Å². The van der Waals surface area contributed by atoms with E-state index in [-0.39, 0.29) is 0 Å². The van der Waals surface area contributed by atoms with Gasteiger partial charge in [0.05, 0.1) is 11.6 Å². The second-order valence-corrected chi connectivity index (χ2v) is 3.36. The average molecular weight is 226 g/mol. The number of aromatic nitrogens is 2. The van der Waals surface area contributed by atoms with Crippen molar-refractivity contribution < 1.29 is 0 Å². The normalized spacial score (nSPS) is 9.59. The summed E-state index contributed by atoms with van der Waals surface area (Å²) in [6, 6.07) is 10.4. The number of nitrogens with zero attached hydrogens (tertiary/aromatic N) is 3. The molecule has 2 rings (SSSR count). The first-order valence-corrected chi connectivity index (χ1v) is 4.84. The highest BCUT2D eigenvalue weighted by Crippen LogP contribution is 2.15. The molecular formula is C11H10N6. The van der Waals surface area contributed by atoms with Gasteiger partial charge >= 0.3 is 0 Å². The molecule has 6 nitrogen and oxygen atoms in total. The van der Waals surface area contributed by atoms with Crippen molar-refractivity contribution in [3.05, 3.63) is 35.9 Å². The van der Waals surface area contributed by atoms with Crippen LogP contribution in [0.15, 0.2) is 30.3 Å². The number of nitrogens with one attached hydrogen (secondary N) is 1. The summed E-state index contributed by atoms with van der Waals surface area (Å²) in [6.07, 6.45) is 0. The maximum atomic E-state index is 8.66. The summed E-state index contributed by atoms with van der Waals surface area (Å²) < 4.78 is 0. The zero-order valence-electron chi connectivity index (χ0n) is 8.88. The van der Waals surface area contributed by atoms with E-state index < -0.39 is 0 Å². The Morgan fingerprint density at radius 2 is 1.65 bits per heavy atom. The number of hydrogen-bond donors (Lipinski definition) is 3. The highest BCUT2D eigenvalue weighted by atomic mass is 15.1. The van der Waals surface area contributed by atoms with Crippen LogP contribution in [0, 0.1) is 11.3 Å². The summed E-state index contributed by atoms with van der Waals surface area (Å²) in [7, 11) is 0. The van der Waals surface area contributed by atoms with Gasteiger partial charge in [-0.05, 0) is 24.3 Å². The zero-order valence-corrected chi connectivity index (χ0v) is 8.88. The summed E-state index contributed by atoms with van der Waals surface area (Å²) in [6.45, 7) is 0. The number of nitriles is 1. The van der Waals surface area contributed by atoms with Gasteiger partial charge < -0.3 is 16.8 Å². The summed E-state index contributed by atoms with van der Waals surface area (Å²) >= 11 is 0. The van der Waals surface area contributed by atoms with Crippen molar-refractivity contribution in [3.8, 4) is 6.07 Å². The molecule has 1 aromatic heterocycles. The van der Waals surface area contributed by atoms with Crippen molar-refractivity contribution >= 4 is 23.3 Å². The topological polar surface area (TPSA) is 114 Å². The molecule has 0 bridgehead atoms. The predicted octanol–water partition coefficient (Wildman–Crippen LogP) is 1.26. The summed E-state index contributed by atoms with van der Waals surface area (Å²) in [5, 5.41) is 11.6. The molecule has 0 aliphatic carbocycles. The molecular weight excluding hydrogens is 216 g/mol. The molecule has 6 heteroatoms. The Labute approximate surface area is 97.9 Å². The van der Waals surface area contributed by atoms with Crippen LogP contribution >= 0.6 is 0 Å². The first kappa shape index (κ1) is 10.7. The third-order valence-corrected chi connectivity index (χ3v) is 2.04.